The smallest absolute Gasteiger partial charge is 0.317 e. The van der Waals surface area contributed by atoms with E-state index in [1.165, 1.54) is 0 Å². The largest absolute Gasteiger partial charge is 0.389 e. The predicted octanol–water partition coefficient (Wildman–Crippen LogP) is -0.675. The van der Waals surface area contributed by atoms with Crippen molar-refractivity contribution in [3.8, 4) is 0 Å². The Balaban J connectivity index is 1.85. The summed E-state index contributed by atoms with van der Waals surface area (Å²) in [6, 6.07) is 1.95. The number of hydrogen-bond donors (Lipinski definition) is 2. The number of nitrogens with two attached hydrogens (primary N) is 1. The summed E-state index contributed by atoms with van der Waals surface area (Å²) in [5.41, 5.74) is 6.44. The van der Waals surface area contributed by atoms with Crippen molar-refractivity contribution in [2.45, 2.75) is 6.04 Å². The van der Waals surface area contributed by atoms with Gasteiger partial charge in [0.2, 0.25) is 0 Å². The Morgan fingerprint density at radius 3 is 3.16 bits per heavy atom. The number of carbonyl (C=O) groups excluding carboxylic acids is 1. The molecule has 2 aliphatic rings. The standard InChI is InChI=1S/C11H14N6OS/c12-9(19)8-1-2-14-15-10(8)16-3-4-17-7(6-16)5-13-11(17)18/h1-2,7H,3-6H2,(H2,12,19)(H,13,18). The number of nitrogens with zero attached hydrogens (tertiary/aromatic N) is 4. The SMILES string of the molecule is NC(=S)c1ccnnc1N1CCN2C(=O)NCC2C1. The molecule has 2 saturated heterocycles. The van der Waals surface area contributed by atoms with Crippen molar-refractivity contribution in [3.63, 3.8) is 0 Å². The van der Waals surface area contributed by atoms with Crippen LogP contribution in [0.3, 0.4) is 0 Å². The van der Waals surface area contributed by atoms with Crippen molar-refractivity contribution in [1.82, 2.24) is 20.4 Å². The van der Waals surface area contributed by atoms with Gasteiger partial charge in [-0.15, -0.1) is 5.10 Å². The van der Waals surface area contributed by atoms with Crippen LogP contribution >= 0.6 is 12.2 Å². The minimum Gasteiger partial charge on any atom is -0.389 e. The van der Waals surface area contributed by atoms with Crippen molar-refractivity contribution in [2.75, 3.05) is 31.1 Å². The number of carbonyl (C=O) groups is 1. The Labute approximate surface area is 115 Å². The van der Waals surface area contributed by atoms with Crippen molar-refractivity contribution in [2.24, 2.45) is 5.73 Å². The van der Waals surface area contributed by atoms with Crippen LogP contribution in [0.25, 0.3) is 0 Å². The summed E-state index contributed by atoms with van der Waals surface area (Å²) in [6.45, 7) is 2.76. The fraction of sp³-hybridized carbons (Fsp3) is 0.455. The molecule has 1 atom stereocenters. The molecule has 2 amide bonds. The first kappa shape index (κ1) is 12.1. The zero-order valence-corrected chi connectivity index (χ0v) is 11.1. The van der Waals surface area contributed by atoms with Crippen LogP contribution in [-0.2, 0) is 0 Å². The van der Waals surface area contributed by atoms with Gasteiger partial charge in [-0.1, -0.05) is 12.2 Å². The minimum absolute atomic E-state index is 0.0124. The van der Waals surface area contributed by atoms with E-state index >= 15 is 0 Å². The van der Waals surface area contributed by atoms with Crippen molar-refractivity contribution in [1.29, 1.82) is 0 Å². The maximum Gasteiger partial charge on any atom is 0.317 e. The molecule has 0 aliphatic carbocycles. The molecule has 3 rings (SSSR count). The molecule has 19 heavy (non-hydrogen) atoms. The van der Waals surface area contributed by atoms with Crippen molar-refractivity contribution in [3.05, 3.63) is 17.8 Å². The summed E-state index contributed by atoms with van der Waals surface area (Å²) in [6.07, 6.45) is 1.58. The van der Waals surface area contributed by atoms with E-state index in [1.54, 1.807) is 12.3 Å². The molecule has 7 nitrogen and oxygen atoms in total. The number of aromatic nitrogens is 2. The van der Waals surface area contributed by atoms with E-state index in [0.717, 1.165) is 5.56 Å². The van der Waals surface area contributed by atoms with Crippen LogP contribution in [0.4, 0.5) is 10.6 Å². The number of fused-ring (bicyclic) bond motifs is 1. The number of thiocarbonyl (C=S) groups is 1. The molecule has 2 aliphatic heterocycles. The zero-order chi connectivity index (χ0) is 13.4. The molecule has 0 spiro atoms. The Hall–Kier alpha value is -1.96. The fourth-order valence-electron chi connectivity index (χ4n) is 2.55. The summed E-state index contributed by atoms with van der Waals surface area (Å²) in [7, 11) is 0. The average molecular weight is 278 g/mol. The zero-order valence-electron chi connectivity index (χ0n) is 10.2. The van der Waals surface area contributed by atoms with E-state index in [0.29, 0.717) is 37.0 Å². The normalized spacial score (nSPS) is 22.1. The number of urea groups is 1. The van der Waals surface area contributed by atoms with Gasteiger partial charge >= 0.3 is 6.03 Å². The van der Waals surface area contributed by atoms with Crippen LogP contribution < -0.4 is 16.0 Å². The topological polar surface area (TPSA) is 87.4 Å². The van der Waals surface area contributed by atoms with Gasteiger partial charge in [0.05, 0.1) is 17.8 Å². The Bertz CT molecular complexity index is 536. The van der Waals surface area contributed by atoms with Crippen LogP contribution in [0.5, 0.6) is 0 Å². The van der Waals surface area contributed by atoms with Crippen LogP contribution in [0.2, 0.25) is 0 Å². The van der Waals surface area contributed by atoms with Crippen LogP contribution in [0, 0.1) is 0 Å². The molecular formula is C11H14N6OS. The maximum atomic E-state index is 11.6. The summed E-state index contributed by atoms with van der Waals surface area (Å²) in [4.78, 5) is 15.8. The molecule has 100 valence electrons. The number of anilines is 1. The Morgan fingerprint density at radius 2 is 2.37 bits per heavy atom. The number of nitrogens with one attached hydrogen (secondary N) is 1. The van der Waals surface area contributed by atoms with Crippen molar-refractivity contribution < 1.29 is 4.79 Å². The number of piperazine rings is 1. The Morgan fingerprint density at radius 1 is 1.53 bits per heavy atom. The lowest BCUT2D eigenvalue weighted by Gasteiger charge is -2.37. The van der Waals surface area contributed by atoms with Gasteiger partial charge in [-0.2, -0.15) is 5.10 Å². The van der Waals surface area contributed by atoms with Gasteiger partial charge < -0.3 is 20.9 Å². The fourth-order valence-corrected chi connectivity index (χ4v) is 2.71. The van der Waals surface area contributed by atoms with Crippen LogP contribution in [-0.4, -0.2) is 58.3 Å². The van der Waals surface area contributed by atoms with E-state index in [4.69, 9.17) is 18.0 Å². The monoisotopic (exact) mass is 278 g/mol. The minimum atomic E-state index is 0.0124. The molecule has 3 N–H and O–H groups in total. The molecule has 0 radical (unpaired) electrons. The molecule has 0 aromatic carbocycles. The maximum absolute atomic E-state index is 11.6. The van der Waals surface area contributed by atoms with Gasteiger partial charge in [0.1, 0.15) is 4.99 Å². The molecule has 3 heterocycles. The van der Waals surface area contributed by atoms with Gasteiger partial charge in [-0.05, 0) is 6.07 Å². The first-order valence-corrected chi connectivity index (χ1v) is 6.48. The van der Waals surface area contributed by atoms with Gasteiger partial charge in [-0.25, -0.2) is 4.79 Å². The van der Waals surface area contributed by atoms with E-state index in [2.05, 4.69) is 20.4 Å². The van der Waals surface area contributed by atoms with E-state index in [-0.39, 0.29) is 12.1 Å². The molecule has 1 aromatic heterocycles. The molecule has 1 aromatic rings. The summed E-state index contributed by atoms with van der Waals surface area (Å²) in [5.74, 6) is 0.703. The number of amides is 2. The highest BCUT2D eigenvalue weighted by Gasteiger charge is 2.36. The summed E-state index contributed by atoms with van der Waals surface area (Å²) >= 11 is 5.04. The molecule has 2 fully saturated rings. The first-order valence-electron chi connectivity index (χ1n) is 6.07. The highest BCUT2D eigenvalue weighted by atomic mass is 32.1. The first-order chi connectivity index (χ1) is 9.16. The lowest BCUT2D eigenvalue weighted by atomic mass is 10.1. The van der Waals surface area contributed by atoms with Gasteiger partial charge in [0, 0.05) is 26.2 Å². The van der Waals surface area contributed by atoms with Gasteiger partial charge in [0.25, 0.3) is 0 Å². The second-order valence-corrected chi connectivity index (χ2v) is 5.05. The van der Waals surface area contributed by atoms with E-state index < -0.39 is 0 Å². The van der Waals surface area contributed by atoms with Crippen LogP contribution in [0.1, 0.15) is 5.56 Å². The summed E-state index contributed by atoms with van der Waals surface area (Å²) < 4.78 is 0. The summed E-state index contributed by atoms with van der Waals surface area (Å²) in [5, 5.41) is 10.9. The lowest BCUT2D eigenvalue weighted by molar-refractivity contribution is 0.197. The van der Waals surface area contributed by atoms with E-state index in [9.17, 15) is 4.79 Å². The highest BCUT2D eigenvalue weighted by Crippen LogP contribution is 2.22. The number of hydrogen-bond acceptors (Lipinski definition) is 5. The molecule has 0 saturated carbocycles. The second-order valence-electron chi connectivity index (χ2n) is 4.61. The van der Waals surface area contributed by atoms with Gasteiger partial charge in [0.15, 0.2) is 5.82 Å². The average Bonchev–Trinajstić information content (AvgIpc) is 2.80. The Kier molecular flexibility index (Phi) is 2.94. The van der Waals surface area contributed by atoms with E-state index in [1.807, 2.05) is 4.90 Å². The molecular weight excluding hydrogens is 264 g/mol. The molecule has 1 unspecified atom stereocenters. The predicted molar refractivity (Wildman–Crippen MR) is 74.0 cm³/mol. The third-order valence-electron chi connectivity index (χ3n) is 3.50. The third kappa shape index (κ3) is 2.07. The molecule has 8 heteroatoms. The lowest BCUT2D eigenvalue weighted by Crippen LogP contribution is -2.52. The van der Waals surface area contributed by atoms with Gasteiger partial charge in [-0.3, -0.25) is 0 Å². The van der Waals surface area contributed by atoms with Crippen LogP contribution in [0.15, 0.2) is 12.3 Å². The second kappa shape index (κ2) is 4.61. The molecule has 0 bridgehead atoms. The third-order valence-corrected chi connectivity index (χ3v) is 3.72. The van der Waals surface area contributed by atoms with Crippen molar-refractivity contribution >= 4 is 29.1 Å². The number of rotatable bonds is 2. The quantitative estimate of drug-likeness (QED) is 0.697. The highest BCUT2D eigenvalue weighted by molar-refractivity contribution is 7.80.